The van der Waals surface area contributed by atoms with Gasteiger partial charge in [-0.15, -0.1) is 0 Å². The van der Waals surface area contributed by atoms with Crippen LogP contribution in [0, 0.1) is 0 Å². The molecule has 1 aromatic heterocycles. The molecule has 9 heteroatoms. The van der Waals surface area contributed by atoms with Crippen molar-refractivity contribution in [3.8, 4) is 5.75 Å². The summed E-state index contributed by atoms with van der Waals surface area (Å²) in [5, 5.41) is 2.59. The standard InChI is InChI=1S/C20H18N2O6S/c1-2-27-17-8-4-16(5-9-17)22-29(25,26)18-10-6-15(7-11-18)21-20(24)14-3-12-19(23)28-13-14/h3-13,22H,2H2,1H3,(H,21,24). The van der Waals surface area contributed by atoms with Crippen molar-refractivity contribution in [2.45, 2.75) is 11.8 Å². The molecule has 0 aliphatic heterocycles. The van der Waals surface area contributed by atoms with Gasteiger partial charge in [0.15, 0.2) is 0 Å². The number of anilines is 2. The molecule has 1 amide bonds. The van der Waals surface area contributed by atoms with Gasteiger partial charge in [-0.1, -0.05) is 0 Å². The number of amides is 1. The molecule has 0 fully saturated rings. The van der Waals surface area contributed by atoms with Gasteiger partial charge in [0.25, 0.3) is 15.9 Å². The first-order valence-corrected chi connectivity index (χ1v) is 10.1. The van der Waals surface area contributed by atoms with E-state index in [9.17, 15) is 18.0 Å². The van der Waals surface area contributed by atoms with Crippen molar-refractivity contribution in [3.63, 3.8) is 0 Å². The molecule has 2 aromatic carbocycles. The Morgan fingerprint density at radius 2 is 1.62 bits per heavy atom. The molecule has 0 unspecified atom stereocenters. The Morgan fingerprint density at radius 3 is 2.21 bits per heavy atom. The maximum Gasteiger partial charge on any atom is 0.335 e. The molecule has 3 rings (SSSR count). The highest BCUT2D eigenvalue weighted by Gasteiger charge is 2.15. The summed E-state index contributed by atoms with van der Waals surface area (Å²) in [4.78, 5) is 23.1. The van der Waals surface area contributed by atoms with Crippen LogP contribution in [0.3, 0.4) is 0 Å². The minimum atomic E-state index is -3.79. The van der Waals surface area contributed by atoms with Gasteiger partial charge < -0.3 is 14.5 Å². The summed E-state index contributed by atoms with van der Waals surface area (Å²) in [6.07, 6.45) is 1.05. The second-order valence-corrected chi connectivity index (χ2v) is 7.57. The molecule has 8 nitrogen and oxygen atoms in total. The van der Waals surface area contributed by atoms with Crippen molar-refractivity contribution < 1.29 is 22.4 Å². The van der Waals surface area contributed by atoms with E-state index in [2.05, 4.69) is 14.5 Å². The zero-order valence-electron chi connectivity index (χ0n) is 15.4. The van der Waals surface area contributed by atoms with Crippen molar-refractivity contribution in [2.24, 2.45) is 0 Å². The molecule has 3 aromatic rings. The fraction of sp³-hybridized carbons (Fsp3) is 0.100. The molecule has 0 aliphatic carbocycles. The summed E-state index contributed by atoms with van der Waals surface area (Å²) in [6.45, 7) is 2.38. The van der Waals surface area contributed by atoms with Crippen LogP contribution < -0.4 is 20.4 Å². The van der Waals surface area contributed by atoms with Crippen LogP contribution in [0.25, 0.3) is 0 Å². The zero-order chi connectivity index (χ0) is 20.9. The zero-order valence-corrected chi connectivity index (χ0v) is 16.2. The maximum absolute atomic E-state index is 12.5. The highest BCUT2D eigenvalue weighted by atomic mass is 32.2. The molecule has 1 heterocycles. The van der Waals surface area contributed by atoms with E-state index < -0.39 is 21.6 Å². The molecule has 29 heavy (non-hydrogen) atoms. The molecular formula is C20H18N2O6S. The third kappa shape index (κ3) is 5.23. The van der Waals surface area contributed by atoms with Gasteiger partial charge in [0.05, 0.1) is 17.1 Å². The number of rotatable bonds is 7. The van der Waals surface area contributed by atoms with Crippen LogP contribution in [0.5, 0.6) is 5.75 Å². The largest absolute Gasteiger partial charge is 0.494 e. The van der Waals surface area contributed by atoms with E-state index in [-0.39, 0.29) is 10.5 Å². The summed E-state index contributed by atoms with van der Waals surface area (Å²) in [5.41, 5.74) is 0.396. The third-order valence-corrected chi connectivity index (χ3v) is 5.20. The van der Waals surface area contributed by atoms with Gasteiger partial charge in [-0.25, -0.2) is 13.2 Å². The van der Waals surface area contributed by atoms with Gasteiger partial charge in [-0.3, -0.25) is 9.52 Å². The highest BCUT2D eigenvalue weighted by molar-refractivity contribution is 7.92. The molecule has 0 saturated carbocycles. The number of carbonyl (C=O) groups excluding carboxylic acids is 1. The Hall–Kier alpha value is -3.59. The van der Waals surface area contributed by atoms with Crippen molar-refractivity contribution in [3.05, 3.63) is 82.9 Å². The number of nitrogens with one attached hydrogen (secondary N) is 2. The molecule has 0 aliphatic rings. The van der Waals surface area contributed by atoms with E-state index in [0.29, 0.717) is 23.7 Å². The van der Waals surface area contributed by atoms with E-state index in [1.165, 1.54) is 30.3 Å². The second kappa shape index (κ2) is 8.61. The van der Waals surface area contributed by atoms with Crippen LogP contribution >= 0.6 is 0 Å². The van der Waals surface area contributed by atoms with Gasteiger partial charge >= 0.3 is 5.63 Å². The Kier molecular flexibility index (Phi) is 5.99. The normalized spacial score (nSPS) is 10.9. The summed E-state index contributed by atoms with van der Waals surface area (Å²) < 4.78 is 37.5. The number of hydrogen-bond donors (Lipinski definition) is 2. The first kappa shape index (κ1) is 20.2. The molecule has 0 bridgehead atoms. The van der Waals surface area contributed by atoms with Crippen LogP contribution in [0.15, 0.2) is 81.0 Å². The average molecular weight is 414 g/mol. The van der Waals surface area contributed by atoms with Crippen LogP contribution in [-0.4, -0.2) is 20.9 Å². The lowest BCUT2D eigenvalue weighted by molar-refractivity contribution is 0.102. The quantitative estimate of drug-likeness (QED) is 0.614. The van der Waals surface area contributed by atoms with Gasteiger partial charge in [0.2, 0.25) is 0 Å². The first-order valence-electron chi connectivity index (χ1n) is 8.63. The van der Waals surface area contributed by atoms with Gasteiger partial charge in [-0.2, -0.15) is 0 Å². The molecular weight excluding hydrogens is 396 g/mol. The van der Waals surface area contributed by atoms with Crippen LogP contribution in [0.4, 0.5) is 11.4 Å². The summed E-state index contributed by atoms with van der Waals surface area (Å²) in [5.74, 6) is 0.158. The van der Waals surface area contributed by atoms with E-state index in [1.807, 2.05) is 6.92 Å². The number of carbonyl (C=O) groups is 1. The van der Waals surface area contributed by atoms with E-state index >= 15 is 0 Å². The number of ether oxygens (including phenoxy) is 1. The number of hydrogen-bond acceptors (Lipinski definition) is 6. The summed E-state index contributed by atoms with van der Waals surface area (Å²) in [7, 11) is -3.79. The Morgan fingerprint density at radius 1 is 0.966 bits per heavy atom. The maximum atomic E-state index is 12.5. The molecule has 0 radical (unpaired) electrons. The van der Waals surface area contributed by atoms with Crippen molar-refractivity contribution in [2.75, 3.05) is 16.6 Å². The molecule has 0 atom stereocenters. The number of benzene rings is 2. The molecule has 0 saturated heterocycles. The lowest BCUT2D eigenvalue weighted by Crippen LogP contribution is -2.14. The van der Waals surface area contributed by atoms with E-state index in [4.69, 9.17) is 4.74 Å². The second-order valence-electron chi connectivity index (χ2n) is 5.88. The topological polar surface area (TPSA) is 115 Å². The minimum Gasteiger partial charge on any atom is -0.494 e. The van der Waals surface area contributed by atoms with Gasteiger partial charge in [0.1, 0.15) is 12.0 Å². The molecule has 0 spiro atoms. The fourth-order valence-corrected chi connectivity index (χ4v) is 3.47. The van der Waals surface area contributed by atoms with Gasteiger partial charge in [0, 0.05) is 17.4 Å². The van der Waals surface area contributed by atoms with E-state index in [0.717, 1.165) is 12.3 Å². The summed E-state index contributed by atoms with van der Waals surface area (Å²) >= 11 is 0. The molecule has 2 N–H and O–H groups in total. The third-order valence-electron chi connectivity index (χ3n) is 3.80. The Labute approximate surface area is 167 Å². The van der Waals surface area contributed by atoms with Crippen molar-refractivity contribution in [1.82, 2.24) is 0 Å². The van der Waals surface area contributed by atoms with Crippen LogP contribution in [0.1, 0.15) is 17.3 Å². The summed E-state index contributed by atoms with van der Waals surface area (Å²) in [6, 6.07) is 14.7. The van der Waals surface area contributed by atoms with Crippen molar-refractivity contribution in [1.29, 1.82) is 0 Å². The lowest BCUT2D eigenvalue weighted by Gasteiger charge is -2.10. The fourth-order valence-electron chi connectivity index (χ4n) is 2.41. The number of sulfonamides is 1. The van der Waals surface area contributed by atoms with E-state index in [1.54, 1.807) is 24.3 Å². The van der Waals surface area contributed by atoms with Gasteiger partial charge in [-0.05, 0) is 61.5 Å². The predicted octanol–water partition coefficient (Wildman–Crippen LogP) is 3.09. The highest BCUT2D eigenvalue weighted by Crippen LogP contribution is 2.21. The lowest BCUT2D eigenvalue weighted by atomic mass is 10.2. The van der Waals surface area contributed by atoms with Crippen LogP contribution in [0.2, 0.25) is 0 Å². The average Bonchev–Trinajstić information content (AvgIpc) is 2.70. The van der Waals surface area contributed by atoms with Crippen LogP contribution in [-0.2, 0) is 10.0 Å². The molecule has 150 valence electrons. The SMILES string of the molecule is CCOc1ccc(NS(=O)(=O)c2ccc(NC(=O)c3ccc(=O)oc3)cc2)cc1. The first-order chi connectivity index (χ1) is 13.9. The monoisotopic (exact) mass is 414 g/mol. The Balaban J connectivity index is 1.68. The Bertz CT molecular complexity index is 1130. The predicted molar refractivity (Wildman–Crippen MR) is 108 cm³/mol. The smallest absolute Gasteiger partial charge is 0.335 e. The minimum absolute atomic E-state index is 0.0371. The van der Waals surface area contributed by atoms with Crippen molar-refractivity contribution >= 4 is 27.3 Å².